The van der Waals surface area contributed by atoms with Crippen LogP contribution in [0.25, 0.3) is 89.2 Å². The smallest absolute Gasteiger partial charge is 0.239 e. The van der Waals surface area contributed by atoms with Gasteiger partial charge in [0.1, 0.15) is 5.65 Å². The molecule has 11 rings (SSSR count). The van der Waals surface area contributed by atoms with Crippen molar-refractivity contribution in [1.82, 2.24) is 24.1 Å². The van der Waals surface area contributed by atoms with Gasteiger partial charge >= 0.3 is 0 Å². The molecule has 0 saturated carbocycles. The third-order valence-electron chi connectivity index (χ3n) is 9.98. The first-order valence-corrected chi connectivity index (χ1v) is 17.9. The minimum Gasteiger partial charge on any atom is -0.293 e. The van der Waals surface area contributed by atoms with Gasteiger partial charge in [0.2, 0.25) is 5.95 Å². The molecule has 1 aliphatic rings. The first-order chi connectivity index (χ1) is 25.3. The van der Waals surface area contributed by atoms with Crippen LogP contribution in [0.2, 0.25) is 0 Å². The van der Waals surface area contributed by atoms with Gasteiger partial charge in [-0.2, -0.15) is 9.97 Å². The molecule has 10 aromatic rings. The minimum atomic E-state index is 0.581. The summed E-state index contributed by atoms with van der Waals surface area (Å²) in [6.45, 7) is 0. The number of benzene rings is 7. The second kappa shape index (κ2) is 11.0. The van der Waals surface area contributed by atoms with Crippen molar-refractivity contribution < 1.29 is 0 Å². The van der Waals surface area contributed by atoms with E-state index in [1.165, 1.54) is 42.6 Å². The van der Waals surface area contributed by atoms with Gasteiger partial charge in [0.15, 0.2) is 11.6 Å². The number of nitrogens with zero attached hydrogens (tertiary/aromatic N) is 5. The molecule has 51 heavy (non-hydrogen) atoms. The molecule has 0 unspecified atom stereocenters. The quantitative estimate of drug-likeness (QED) is 0.187. The highest BCUT2D eigenvalue weighted by Gasteiger charge is 2.29. The number of hydrogen-bond acceptors (Lipinski definition) is 4. The van der Waals surface area contributed by atoms with Gasteiger partial charge in [-0.1, -0.05) is 145 Å². The second-order valence-corrected chi connectivity index (χ2v) is 13.9. The van der Waals surface area contributed by atoms with E-state index in [1.807, 2.05) is 30.0 Å². The maximum absolute atomic E-state index is 5.39. The van der Waals surface area contributed by atoms with Gasteiger partial charge in [-0.3, -0.25) is 9.13 Å². The Morgan fingerprint density at radius 3 is 1.84 bits per heavy atom. The van der Waals surface area contributed by atoms with Gasteiger partial charge in [-0.25, -0.2) is 4.98 Å². The van der Waals surface area contributed by atoms with Crippen LogP contribution in [0.15, 0.2) is 174 Å². The molecule has 1 aliphatic heterocycles. The molecule has 0 fully saturated rings. The van der Waals surface area contributed by atoms with E-state index in [0.29, 0.717) is 17.6 Å². The normalized spacial score (nSPS) is 12.2. The number of rotatable bonds is 4. The van der Waals surface area contributed by atoms with Crippen molar-refractivity contribution in [2.24, 2.45) is 0 Å². The van der Waals surface area contributed by atoms with Gasteiger partial charge < -0.3 is 0 Å². The summed E-state index contributed by atoms with van der Waals surface area (Å²) in [6.07, 6.45) is 0. The molecule has 3 aromatic heterocycles. The highest BCUT2D eigenvalue weighted by atomic mass is 32.2. The van der Waals surface area contributed by atoms with Crippen LogP contribution in [0.1, 0.15) is 0 Å². The van der Waals surface area contributed by atoms with Crippen LogP contribution in [0, 0.1) is 0 Å². The Labute approximate surface area is 297 Å². The van der Waals surface area contributed by atoms with Crippen LogP contribution >= 0.6 is 11.8 Å². The van der Waals surface area contributed by atoms with Gasteiger partial charge in [-0.15, -0.1) is 0 Å². The molecular formula is C45H27N5S. The lowest BCUT2D eigenvalue weighted by Gasteiger charge is -2.20. The first kappa shape index (κ1) is 28.3. The molecule has 238 valence electrons. The van der Waals surface area contributed by atoms with E-state index < -0.39 is 0 Å². The Bertz CT molecular complexity index is 3000. The summed E-state index contributed by atoms with van der Waals surface area (Å²) in [6, 6.07) is 57.6. The Balaban J connectivity index is 1.26. The van der Waals surface area contributed by atoms with E-state index in [0.717, 1.165) is 38.8 Å². The molecule has 5 nitrogen and oxygen atoms in total. The Hall–Kier alpha value is -6.50. The predicted octanol–water partition coefficient (Wildman–Crippen LogP) is 11.5. The maximum atomic E-state index is 5.39. The molecule has 0 radical (unpaired) electrons. The number of fused-ring (bicyclic) bond motifs is 8. The van der Waals surface area contributed by atoms with E-state index in [4.69, 9.17) is 15.0 Å². The number of hydrogen-bond donors (Lipinski definition) is 0. The van der Waals surface area contributed by atoms with Crippen LogP contribution in [0.5, 0.6) is 0 Å². The van der Waals surface area contributed by atoms with Crippen molar-refractivity contribution in [2.45, 2.75) is 9.79 Å². The van der Waals surface area contributed by atoms with Gasteiger partial charge in [-0.05, 0) is 52.2 Å². The zero-order chi connectivity index (χ0) is 33.5. The average molecular weight is 670 g/mol. The topological polar surface area (TPSA) is 48.5 Å². The Kier molecular flexibility index (Phi) is 6.12. The zero-order valence-electron chi connectivity index (χ0n) is 27.2. The summed E-state index contributed by atoms with van der Waals surface area (Å²) in [4.78, 5) is 18.3. The molecule has 4 heterocycles. The van der Waals surface area contributed by atoms with Crippen molar-refractivity contribution in [1.29, 1.82) is 0 Å². The summed E-state index contributed by atoms with van der Waals surface area (Å²) < 4.78 is 4.67. The zero-order valence-corrected chi connectivity index (χ0v) is 28.0. The highest BCUT2D eigenvalue weighted by Crippen LogP contribution is 2.49. The molecule has 0 saturated heterocycles. The lowest BCUT2D eigenvalue weighted by molar-refractivity contribution is 0.927. The van der Waals surface area contributed by atoms with Gasteiger partial charge in [0.05, 0.1) is 16.7 Å². The standard InChI is InChI=1S/C45H27N5S/c1-3-14-28(15-4-1)30-26-27-33(32-19-8-7-18-31(30)32)43-46-42(29-16-5-2-6-17-29)47-45(48-43)50-36-22-10-9-20-34(36)40-35-21-13-25-39-41(35)49(44(40)50)37-23-11-12-24-38(37)51-39/h1-27H. The summed E-state index contributed by atoms with van der Waals surface area (Å²) in [7, 11) is 0. The van der Waals surface area contributed by atoms with E-state index in [1.54, 1.807) is 0 Å². The van der Waals surface area contributed by atoms with Gasteiger partial charge in [0.25, 0.3) is 0 Å². The third-order valence-corrected chi connectivity index (χ3v) is 11.1. The second-order valence-electron chi connectivity index (χ2n) is 12.8. The number of aromatic nitrogens is 5. The summed E-state index contributed by atoms with van der Waals surface area (Å²) in [5.41, 5.74) is 8.72. The molecule has 0 atom stereocenters. The molecule has 0 bridgehead atoms. The van der Waals surface area contributed by atoms with Crippen molar-refractivity contribution >= 4 is 55.4 Å². The Morgan fingerprint density at radius 2 is 1.02 bits per heavy atom. The summed E-state index contributed by atoms with van der Waals surface area (Å²) >= 11 is 1.83. The summed E-state index contributed by atoms with van der Waals surface area (Å²) in [5, 5.41) is 5.83. The van der Waals surface area contributed by atoms with Crippen molar-refractivity contribution in [3.05, 3.63) is 164 Å². The molecule has 6 heteroatoms. The summed E-state index contributed by atoms with van der Waals surface area (Å²) in [5.74, 6) is 1.84. The van der Waals surface area contributed by atoms with Crippen molar-refractivity contribution in [3.8, 4) is 45.5 Å². The maximum Gasteiger partial charge on any atom is 0.239 e. The van der Waals surface area contributed by atoms with Crippen molar-refractivity contribution in [3.63, 3.8) is 0 Å². The Morgan fingerprint density at radius 1 is 0.412 bits per heavy atom. The monoisotopic (exact) mass is 669 g/mol. The fourth-order valence-electron chi connectivity index (χ4n) is 7.80. The fourth-order valence-corrected chi connectivity index (χ4v) is 8.89. The minimum absolute atomic E-state index is 0.581. The van der Waals surface area contributed by atoms with Crippen LogP contribution < -0.4 is 0 Å². The van der Waals surface area contributed by atoms with Gasteiger partial charge in [0, 0.05) is 37.1 Å². The van der Waals surface area contributed by atoms with Crippen LogP contribution in [0.3, 0.4) is 0 Å². The SMILES string of the molecule is c1ccc(-c2nc(-c3ccc(-c4ccccc4)c4ccccc34)nc(-n3c4ccccc4c4c5cccc6c5n(c43)-c3ccccc3S6)n2)cc1. The third kappa shape index (κ3) is 4.20. The molecular weight excluding hydrogens is 643 g/mol. The van der Waals surface area contributed by atoms with Crippen molar-refractivity contribution in [2.75, 3.05) is 0 Å². The average Bonchev–Trinajstić information content (AvgIpc) is 3.72. The van der Waals surface area contributed by atoms with E-state index in [-0.39, 0.29) is 0 Å². The molecule has 0 spiro atoms. The fraction of sp³-hybridized carbons (Fsp3) is 0. The first-order valence-electron chi connectivity index (χ1n) is 17.0. The molecule has 0 amide bonds. The predicted molar refractivity (Wildman–Crippen MR) is 209 cm³/mol. The van der Waals surface area contributed by atoms with E-state index in [2.05, 4.69) is 155 Å². The molecule has 0 aliphatic carbocycles. The molecule has 0 N–H and O–H groups in total. The van der Waals surface area contributed by atoms with E-state index in [9.17, 15) is 0 Å². The van der Waals surface area contributed by atoms with Crippen LogP contribution in [-0.2, 0) is 0 Å². The van der Waals surface area contributed by atoms with Crippen LogP contribution in [0.4, 0.5) is 0 Å². The highest BCUT2D eigenvalue weighted by molar-refractivity contribution is 7.99. The van der Waals surface area contributed by atoms with Crippen LogP contribution in [-0.4, -0.2) is 24.1 Å². The lowest BCUT2D eigenvalue weighted by atomic mass is 9.95. The largest absolute Gasteiger partial charge is 0.293 e. The lowest BCUT2D eigenvalue weighted by Crippen LogP contribution is -2.10. The molecule has 7 aromatic carbocycles. The number of para-hydroxylation sites is 3. The van der Waals surface area contributed by atoms with E-state index >= 15 is 0 Å².